The van der Waals surface area contributed by atoms with Gasteiger partial charge < -0.3 is 24.6 Å². The van der Waals surface area contributed by atoms with Crippen LogP contribution in [0.25, 0.3) is 10.9 Å². The first-order valence-corrected chi connectivity index (χ1v) is 16.0. The van der Waals surface area contributed by atoms with Gasteiger partial charge in [0, 0.05) is 49.5 Å². The number of hydrogen-bond donors (Lipinski definition) is 1. The van der Waals surface area contributed by atoms with Crippen molar-refractivity contribution in [1.29, 1.82) is 0 Å². The lowest BCUT2D eigenvalue weighted by Gasteiger charge is -2.36. The highest BCUT2D eigenvalue weighted by atomic mass is 16.6. The molecule has 1 saturated heterocycles. The minimum Gasteiger partial charge on any atom is -0.494 e. The molecule has 44 heavy (non-hydrogen) atoms. The van der Waals surface area contributed by atoms with Crippen LogP contribution in [0.3, 0.4) is 0 Å². The molecule has 0 spiro atoms. The van der Waals surface area contributed by atoms with Gasteiger partial charge in [-0.05, 0) is 103 Å². The third-order valence-corrected chi connectivity index (χ3v) is 8.81. The quantitative estimate of drug-likeness (QED) is 0.322. The Kier molecular flexibility index (Phi) is 9.78. The zero-order valence-corrected chi connectivity index (χ0v) is 27.1. The van der Waals surface area contributed by atoms with Crippen LogP contribution in [0.5, 0.6) is 5.75 Å². The topological polar surface area (TPSA) is 102 Å². The second-order valence-electron chi connectivity index (χ2n) is 13.6. The molecule has 0 unspecified atom stereocenters. The highest BCUT2D eigenvalue weighted by molar-refractivity contribution is 6.05. The zero-order chi connectivity index (χ0) is 31.4. The number of anilines is 1. The number of likely N-dealkylation sites (tertiary alicyclic amines) is 1. The average molecular weight is 605 g/mol. The van der Waals surface area contributed by atoms with E-state index in [0.29, 0.717) is 35.0 Å². The van der Waals surface area contributed by atoms with Gasteiger partial charge in [-0.15, -0.1) is 0 Å². The second kappa shape index (κ2) is 13.5. The second-order valence-corrected chi connectivity index (χ2v) is 13.6. The molecule has 0 radical (unpaired) electrons. The summed E-state index contributed by atoms with van der Waals surface area (Å²) in [6.45, 7) is 11.4. The van der Waals surface area contributed by atoms with Gasteiger partial charge >= 0.3 is 6.09 Å². The number of ether oxygens (including phenoxy) is 2. The van der Waals surface area contributed by atoms with Gasteiger partial charge in [-0.25, -0.2) is 9.78 Å². The van der Waals surface area contributed by atoms with Crippen molar-refractivity contribution >= 4 is 28.6 Å². The molecule has 5 rings (SSSR count). The Hall–Kier alpha value is -3.66. The molecule has 2 amide bonds. The molecule has 238 valence electrons. The Morgan fingerprint density at radius 3 is 2.34 bits per heavy atom. The van der Waals surface area contributed by atoms with Gasteiger partial charge in [-0.2, -0.15) is 5.10 Å². The number of hydrogen-bond acceptors (Lipinski definition) is 7. The third kappa shape index (κ3) is 8.08. The standard InChI is InChI=1S/C34H48N6O4/c1-23-8-7-9-28(35-23)32(41)36-30-18-26-22-40(37-29(26)19-31(30)43-6)27-12-10-24(11-13-27)20-38(5)21-25-14-16-39(17-15-25)33(42)44-34(2,3)4/h7-9,18-19,22,24-25,27H,10-17,20-21H2,1-6H3,(H,36,41). The number of aromatic nitrogens is 3. The van der Waals surface area contributed by atoms with Crippen LogP contribution in [0.1, 0.15) is 81.5 Å². The van der Waals surface area contributed by atoms with Gasteiger partial charge in [0.2, 0.25) is 0 Å². The molecule has 10 nitrogen and oxygen atoms in total. The minimum atomic E-state index is -0.450. The smallest absolute Gasteiger partial charge is 0.410 e. The van der Waals surface area contributed by atoms with Gasteiger partial charge in [-0.1, -0.05) is 6.07 Å². The summed E-state index contributed by atoms with van der Waals surface area (Å²) in [4.78, 5) is 33.9. The number of aryl methyl sites for hydroxylation is 1. The predicted octanol–water partition coefficient (Wildman–Crippen LogP) is 6.31. The molecule has 1 N–H and O–H groups in total. The Bertz CT molecular complexity index is 1450. The molecule has 3 aromatic rings. The number of piperidine rings is 1. The van der Waals surface area contributed by atoms with Crippen LogP contribution >= 0.6 is 0 Å². The number of pyridine rings is 1. The van der Waals surface area contributed by atoms with E-state index >= 15 is 0 Å². The summed E-state index contributed by atoms with van der Waals surface area (Å²) >= 11 is 0. The fourth-order valence-electron chi connectivity index (χ4n) is 6.55. The molecule has 1 aliphatic heterocycles. The summed E-state index contributed by atoms with van der Waals surface area (Å²) in [5.74, 6) is 1.60. The lowest BCUT2D eigenvalue weighted by Crippen LogP contribution is -2.43. The molecule has 1 aromatic carbocycles. The van der Waals surface area contributed by atoms with E-state index in [1.165, 1.54) is 12.8 Å². The van der Waals surface area contributed by atoms with Crippen LogP contribution in [-0.4, -0.2) is 82.5 Å². The normalized spacial score (nSPS) is 19.8. The summed E-state index contributed by atoms with van der Waals surface area (Å²) in [7, 11) is 3.84. The lowest BCUT2D eigenvalue weighted by molar-refractivity contribution is 0.0170. The average Bonchev–Trinajstić information content (AvgIpc) is 3.39. The van der Waals surface area contributed by atoms with Crippen molar-refractivity contribution < 1.29 is 19.1 Å². The van der Waals surface area contributed by atoms with Crippen LogP contribution in [-0.2, 0) is 4.74 Å². The first-order valence-electron chi connectivity index (χ1n) is 16.0. The third-order valence-electron chi connectivity index (χ3n) is 8.81. The summed E-state index contributed by atoms with van der Waals surface area (Å²) in [6, 6.07) is 9.59. The van der Waals surface area contributed by atoms with Crippen LogP contribution < -0.4 is 10.1 Å². The Balaban J connectivity index is 1.11. The number of nitrogens with one attached hydrogen (secondary N) is 1. The number of rotatable bonds is 8. The molecule has 0 atom stereocenters. The van der Waals surface area contributed by atoms with Crippen molar-refractivity contribution in [1.82, 2.24) is 24.6 Å². The number of methoxy groups -OCH3 is 1. The fourth-order valence-corrected chi connectivity index (χ4v) is 6.55. The molecule has 1 aliphatic carbocycles. The van der Waals surface area contributed by atoms with E-state index < -0.39 is 5.60 Å². The monoisotopic (exact) mass is 604 g/mol. The van der Waals surface area contributed by atoms with E-state index in [9.17, 15) is 9.59 Å². The molecule has 2 aliphatic rings. The predicted molar refractivity (Wildman–Crippen MR) is 172 cm³/mol. The summed E-state index contributed by atoms with van der Waals surface area (Å²) in [5.41, 5.74) is 2.17. The molecule has 2 aromatic heterocycles. The number of carbonyl (C=O) groups is 2. The van der Waals surface area contributed by atoms with Gasteiger partial charge in [0.05, 0.1) is 24.4 Å². The summed E-state index contributed by atoms with van der Waals surface area (Å²) in [6.07, 6.45) is 8.52. The van der Waals surface area contributed by atoms with Crippen molar-refractivity contribution in [2.45, 2.75) is 77.9 Å². The molecule has 3 heterocycles. The van der Waals surface area contributed by atoms with Gasteiger partial charge in [-0.3, -0.25) is 9.48 Å². The van der Waals surface area contributed by atoms with E-state index in [0.717, 1.165) is 68.5 Å². The van der Waals surface area contributed by atoms with E-state index in [2.05, 4.69) is 33.1 Å². The van der Waals surface area contributed by atoms with Gasteiger partial charge in [0.25, 0.3) is 5.91 Å². The highest BCUT2D eigenvalue weighted by Crippen LogP contribution is 2.35. The first kappa shape index (κ1) is 31.8. The molecule has 0 bridgehead atoms. The first-order chi connectivity index (χ1) is 21.0. The van der Waals surface area contributed by atoms with Crippen LogP contribution in [0, 0.1) is 18.8 Å². The zero-order valence-electron chi connectivity index (χ0n) is 27.1. The lowest BCUT2D eigenvalue weighted by atomic mass is 9.85. The Labute approximate surface area is 261 Å². The van der Waals surface area contributed by atoms with E-state index in [1.807, 2.05) is 56.9 Å². The van der Waals surface area contributed by atoms with Crippen molar-refractivity contribution in [2.75, 3.05) is 45.7 Å². The number of nitrogens with zero attached hydrogens (tertiary/aromatic N) is 5. The Morgan fingerprint density at radius 1 is 1.02 bits per heavy atom. The fraction of sp³-hybridized carbons (Fsp3) is 0.588. The summed E-state index contributed by atoms with van der Waals surface area (Å²) < 4.78 is 13.2. The van der Waals surface area contributed by atoms with Gasteiger partial charge in [0.1, 0.15) is 17.0 Å². The number of carbonyl (C=O) groups excluding carboxylic acids is 2. The van der Waals surface area contributed by atoms with Crippen molar-refractivity contribution in [3.8, 4) is 5.75 Å². The molecule has 1 saturated carbocycles. The van der Waals surface area contributed by atoms with Crippen LogP contribution in [0.4, 0.5) is 10.5 Å². The number of benzene rings is 1. The van der Waals surface area contributed by atoms with Crippen LogP contribution in [0.15, 0.2) is 36.5 Å². The van der Waals surface area contributed by atoms with E-state index in [4.69, 9.17) is 14.6 Å². The van der Waals surface area contributed by atoms with Crippen molar-refractivity contribution in [2.24, 2.45) is 11.8 Å². The molecular formula is C34H48N6O4. The molecule has 2 fully saturated rings. The largest absolute Gasteiger partial charge is 0.494 e. The maximum absolute atomic E-state index is 12.8. The Morgan fingerprint density at radius 2 is 1.70 bits per heavy atom. The molecule has 10 heteroatoms. The van der Waals surface area contributed by atoms with Crippen molar-refractivity contribution in [3.05, 3.63) is 47.9 Å². The SMILES string of the molecule is COc1cc2nn(C3CCC(CN(C)CC4CCN(C(=O)OC(C)(C)C)CC4)CC3)cc2cc1NC(=O)c1cccc(C)n1. The van der Waals surface area contributed by atoms with E-state index in [1.54, 1.807) is 13.2 Å². The maximum Gasteiger partial charge on any atom is 0.410 e. The van der Waals surface area contributed by atoms with Crippen molar-refractivity contribution in [3.63, 3.8) is 0 Å². The van der Waals surface area contributed by atoms with Crippen LogP contribution in [0.2, 0.25) is 0 Å². The molecular weight excluding hydrogens is 556 g/mol. The number of amides is 2. The van der Waals surface area contributed by atoms with Gasteiger partial charge in [0.15, 0.2) is 0 Å². The minimum absolute atomic E-state index is 0.187. The van der Waals surface area contributed by atoms with E-state index in [-0.39, 0.29) is 12.0 Å². The highest BCUT2D eigenvalue weighted by Gasteiger charge is 2.29. The maximum atomic E-state index is 12.8. The summed E-state index contributed by atoms with van der Waals surface area (Å²) in [5, 5.41) is 8.83. The number of fused-ring (bicyclic) bond motifs is 1.